The Morgan fingerprint density at radius 1 is 1.20 bits per heavy atom. The molecule has 2 rings (SSSR count). The third-order valence-corrected chi connectivity index (χ3v) is 3.36. The molecule has 0 aliphatic rings. The molecule has 5 nitrogen and oxygen atoms in total. The Morgan fingerprint density at radius 3 is 2.45 bits per heavy atom. The number of nitrogens with zero attached hydrogens (tertiary/aromatic N) is 1. The molecule has 20 heavy (non-hydrogen) atoms. The largest absolute Gasteiger partial charge is 0.497 e. The number of pyridine rings is 1. The minimum atomic E-state index is -1.06. The van der Waals surface area contributed by atoms with Gasteiger partial charge in [-0.3, -0.25) is 4.79 Å². The number of carboxylic acids is 1. The normalized spacial score (nSPS) is 11.4. The lowest BCUT2D eigenvalue weighted by Gasteiger charge is -2.19. The van der Waals surface area contributed by atoms with Gasteiger partial charge in [0.05, 0.1) is 19.9 Å². The van der Waals surface area contributed by atoms with Crippen molar-refractivity contribution in [2.45, 2.75) is 19.3 Å². The summed E-state index contributed by atoms with van der Waals surface area (Å²) in [7, 11) is 3.13. The maximum Gasteiger partial charge on any atom is 0.315 e. The summed E-state index contributed by atoms with van der Waals surface area (Å²) in [6, 6.07) is 7.11. The van der Waals surface area contributed by atoms with Gasteiger partial charge >= 0.3 is 5.97 Å². The van der Waals surface area contributed by atoms with E-state index in [0.29, 0.717) is 22.7 Å². The molecule has 0 bridgehead atoms. The molecule has 2 aromatic rings. The van der Waals surface area contributed by atoms with Crippen molar-refractivity contribution in [3.8, 4) is 11.5 Å². The number of methoxy groups -OCH3 is 2. The Kier molecular flexibility index (Phi) is 3.53. The van der Waals surface area contributed by atoms with E-state index in [0.717, 1.165) is 5.39 Å². The van der Waals surface area contributed by atoms with Gasteiger partial charge in [-0.05, 0) is 26.0 Å². The first-order chi connectivity index (χ1) is 9.40. The second-order valence-electron chi connectivity index (χ2n) is 5.03. The maximum absolute atomic E-state index is 11.3. The number of fused-ring (bicyclic) bond motifs is 1. The van der Waals surface area contributed by atoms with Crippen LogP contribution >= 0.6 is 0 Å². The molecule has 0 amide bonds. The molecule has 106 valence electrons. The van der Waals surface area contributed by atoms with Crippen LogP contribution in [0.25, 0.3) is 10.9 Å². The molecule has 1 N–H and O–H groups in total. The topological polar surface area (TPSA) is 68.7 Å². The van der Waals surface area contributed by atoms with Crippen molar-refractivity contribution in [1.82, 2.24) is 4.98 Å². The van der Waals surface area contributed by atoms with E-state index >= 15 is 0 Å². The monoisotopic (exact) mass is 275 g/mol. The summed E-state index contributed by atoms with van der Waals surface area (Å²) in [6.07, 6.45) is 0. The molecule has 5 heteroatoms. The van der Waals surface area contributed by atoms with E-state index in [1.165, 1.54) is 0 Å². The Balaban J connectivity index is 2.68. The fourth-order valence-electron chi connectivity index (χ4n) is 1.91. The standard InChI is InChI=1S/C15H17NO4/c1-15(2,14(17)18)12-6-5-9-7-10(19-3)8-11(20-4)13(9)16-12/h5-8H,1-4H3,(H,17,18). The lowest BCUT2D eigenvalue weighted by atomic mass is 9.88. The molecular weight excluding hydrogens is 258 g/mol. The molecule has 0 radical (unpaired) electrons. The molecule has 0 unspecified atom stereocenters. The Bertz CT molecular complexity index is 664. The van der Waals surface area contributed by atoms with Gasteiger partial charge in [-0.1, -0.05) is 6.07 Å². The van der Waals surface area contributed by atoms with Crippen molar-refractivity contribution in [3.63, 3.8) is 0 Å². The molecule has 1 aromatic carbocycles. The number of carbonyl (C=O) groups is 1. The smallest absolute Gasteiger partial charge is 0.315 e. The molecule has 1 heterocycles. The zero-order chi connectivity index (χ0) is 14.9. The highest BCUT2D eigenvalue weighted by Gasteiger charge is 2.31. The number of rotatable bonds is 4. The number of benzene rings is 1. The van der Waals surface area contributed by atoms with Crippen LogP contribution in [0.2, 0.25) is 0 Å². The fourth-order valence-corrected chi connectivity index (χ4v) is 1.91. The Morgan fingerprint density at radius 2 is 1.90 bits per heavy atom. The van der Waals surface area contributed by atoms with Gasteiger partial charge in [0.2, 0.25) is 0 Å². The van der Waals surface area contributed by atoms with Crippen molar-refractivity contribution >= 4 is 16.9 Å². The summed E-state index contributed by atoms with van der Waals surface area (Å²) in [5, 5.41) is 10.1. The Hall–Kier alpha value is -2.30. The molecule has 0 saturated carbocycles. The van der Waals surface area contributed by atoms with Crippen molar-refractivity contribution in [1.29, 1.82) is 0 Å². The van der Waals surface area contributed by atoms with Gasteiger partial charge in [-0.15, -0.1) is 0 Å². The van der Waals surface area contributed by atoms with Crippen LogP contribution in [0, 0.1) is 0 Å². The van der Waals surface area contributed by atoms with E-state index in [-0.39, 0.29) is 0 Å². The lowest BCUT2D eigenvalue weighted by Crippen LogP contribution is -2.29. The van der Waals surface area contributed by atoms with Crippen LogP contribution in [-0.2, 0) is 10.2 Å². The summed E-state index contributed by atoms with van der Waals surface area (Å²) in [5.74, 6) is 0.306. The molecule has 0 saturated heterocycles. The lowest BCUT2D eigenvalue weighted by molar-refractivity contribution is -0.142. The summed E-state index contributed by atoms with van der Waals surface area (Å²) in [6.45, 7) is 3.25. The number of hydrogen-bond donors (Lipinski definition) is 1. The summed E-state index contributed by atoms with van der Waals surface area (Å²) >= 11 is 0. The molecule has 0 aliphatic heterocycles. The third-order valence-electron chi connectivity index (χ3n) is 3.36. The number of ether oxygens (including phenoxy) is 2. The first kappa shape index (κ1) is 14.1. The predicted molar refractivity (Wildman–Crippen MR) is 75.5 cm³/mol. The van der Waals surface area contributed by atoms with Gasteiger partial charge in [-0.25, -0.2) is 4.98 Å². The van der Waals surface area contributed by atoms with Crippen LogP contribution in [0.15, 0.2) is 24.3 Å². The minimum absolute atomic E-state index is 0.487. The SMILES string of the molecule is COc1cc(OC)c2nc(C(C)(C)C(=O)O)ccc2c1. The highest BCUT2D eigenvalue weighted by molar-refractivity contribution is 5.88. The van der Waals surface area contributed by atoms with Crippen molar-refractivity contribution in [3.05, 3.63) is 30.0 Å². The molecule has 0 spiro atoms. The number of carboxylic acid groups (broad SMARTS) is 1. The highest BCUT2D eigenvalue weighted by atomic mass is 16.5. The molecular formula is C15H17NO4. The maximum atomic E-state index is 11.3. The molecule has 0 aliphatic carbocycles. The zero-order valence-electron chi connectivity index (χ0n) is 11.9. The van der Waals surface area contributed by atoms with E-state index in [1.54, 1.807) is 40.2 Å². The van der Waals surface area contributed by atoms with Crippen LogP contribution in [-0.4, -0.2) is 30.3 Å². The summed E-state index contributed by atoms with van der Waals surface area (Å²) in [5.41, 5.74) is 0.0557. The quantitative estimate of drug-likeness (QED) is 0.928. The fraction of sp³-hybridized carbons (Fsp3) is 0.333. The van der Waals surface area contributed by atoms with E-state index in [9.17, 15) is 9.90 Å². The minimum Gasteiger partial charge on any atom is -0.497 e. The Labute approximate surface area is 117 Å². The number of aliphatic carboxylic acids is 1. The molecule has 0 fully saturated rings. The van der Waals surface area contributed by atoms with Crippen LogP contribution in [0.4, 0.5) is 0 Å². The van der Waals surface area contributed by atoms with Gasteiger partial charge in [0.25, 0.3) is 0 Å². The van der Waals surface area contributed by atoms with Crippen LogP contribution in [0.1, 0.15) is 19.5 Å². The number of hydrogen-bond acceptors (Lipinski definition) is 4. The van der Waals surface area contributed by atoms with E-state index in [4.69, 9.17) is 9.47 Å². The first-order valence-electron chi connectivity index (χ1n) is 6.17. The predicted octanol–water partition coefficient (Wildman–Crippen LogP) is 2.61. The van der Waals surface area contributed by atoms with Gasteiger partial charge < -0.3 is 14.6 Å². The van der Waals surface area contributed by atoms with E-state index < -0.39 is 11.4 Å². The van der Waals surface area contributed by atoms with Crippen LogP contribution in [0.3, 0.4) is 0 Å². The van der Waals surface area contributed by atoms with Crippen molar-refractivity contribution in [2.24, 2.45) is 0 Å². The van der Waals surface area contributed by atoms with Crippen molar-refractivity contribution < 1.29 is 19.4 Å². The van der Waals surface area contributed by atoms with Gasteiger partial charge in [0, 0.05) is 11.5 Å². The zero-order valence-corrected chi connectivity index (χ0v) is 11.9. The number of aromatic nitrogens is 1. The van der Waals surface area contributed by atoms with E-state index in [2.05, 4.69) is 4.98 Å². The molecule has 0 atom stereocenters. The average Bonchev–Trinajstić information content (AvgIpc) is 2.45. The summed E-state index contributed by atoms with van der Waals surface area (Å²) < 4.78 is 10.5. The highest BCUT2D eigenvalue weighted by Crippen LogP contribution is 2.32. The van der Waals surface area contributed by atoms with Crippen molar-refractivity contribution in [2.75, 3.05) is 14.2 Å². The van der Waals surface area contributed by atoms with Gasteiger partial charge in [-0.2, -0.15) is 0 Å². The first-order valence-corrected chi connectivity index (χ1v) is 6.17. The van der Waals surface area contributed by atoms with E-state index in [1.807, 2.05) is 12.1 Å². The third kappa shape index (κ3) is 2.27. The van der Waals surface area contributed by atoms with Gasteiger partial charge in [0.1, 0.15) is 22.4 Å². The second kappa shape index (κ2) is 5.00. The molecule has 1 aromatic heterocycles. The average molecular weight is 275 g/mol. The van der Waals surface area contributed by atoms with Crippen LogP contribution < -0.4 is 9.47 Å². The summed E-state index contributed by atoms with van der Waals surface area (Å²) in [4.78, 5) is 15.8. The van der Waals surface area contributed by atoms with Crippen LogP contribution in [0.5, 0.6) is 11.5 Å². The second-order valence-corrected chi connectivity index (χ2v) is 5.03. The van der Waals surface area contributed by atoms with Gasteiger partial charge in [0.15, 0.2) is 0 Å².